The average molecular weight is 255 g/mol. The van der Waals surface area contributed by atoms with Crippen LogP contribution in [0.15, 0.2) is 42.5 Å². The molecule has 0 saturated carbocycles. The van der Waals surface area contributed by atoms with E-state index in [4.69, 9.17) is 4.55 Å². The summed E-state index contributed by atoms with van der Waals surface area (Å²) in [7, 11) is -4.01. The normalized spacial score (nSPS) is 13.3. The van der Waals surface area contributed by atoms with Crippen molar-refractivity contribution in [1.29, 1.82) is 0 Å². The Morgan fingerprint density at radius 2 is 2.00 bits per heavy atom. The first kappa shape index (κ1) is 13.9. The van der Waals surface area contributed by atoms with Crippen LogP contribution < -0.4 is 5.32 Å². The van der Waals surface area contributed by atoms with E-state index >= 15 is 0 Å². The molecule has 5 heteroatoms. The number of nitrogens with one attached hydrogen (secondary N) is 1. The topological polar surface area (TPSA) is 66.4 Å². The van der Waals surface area contributed by atoms with Gasteiger partial charge in [0.25, 0.3) is 10.1 Å². The van der Waals surface area contributed by atoms with Gasteiger partial charge in [0.05, 0.1) is 5.75 Å². The van der Waals surface area contributed by atoms with Crippen molar-refractivity contribution in [3.63, 3.8) is 0 Å². The zero-order chi connectivity index (χ0) is 12.9. The van der Waals surface area contributed by atoms with E-state index in [1.54, 1.807) is 0 Å². The van der Waals surface area contributed by atoms with E-state index in [-0.39, 0.29) is 5.75 Å². The van der Waals surface area contributed by atoms with Crippen LogP contribution in [0.1, 0.15) is 18.5 Å². The van der Waals surface area contributed by atoms with Gasteiger partial charge < -0.3 is 5.32 Å². The third-order valence-electron chi connectivity index (χ3n) is 2.23. The molecule has 94 valence electrons. The van der Waals surface area contributed by atoms with Crippen LogP contribution in [0.2, 0.25) is 0 Å². The summed E-state index contributed by atoms with van der Waals surface area (Å²) in [4.78, 5) is 0. The van der Waals surface area contributed by atoms with Gasteiger partial charge in [0, 0.05) is 12.6 Å². The lowest BCUT2D eigenvalue weighted by Gasteiger charge is -2.17. The summed E-state index contributed by atoms with van der Waals surface area (Å²) in [5.41, 5.74) is 1.73. The van der Waals surface area contributed by atoms with Crippen LogP contribution in [0.3, 0.4) is 0 Å². The molecule has 0 spiro atoms. The van der Waals surface area contributed by atoms with E-state index < -0.39 is 16.2 Å². The van der Waals surface area contributed by atoms with Gasteiger partial charge in [0.1, 0.15) is 0 Å². The Kier molecular flexibility index (Phi) is 4.86. The highest BCUT2D eigenvalue weighted by Gasteiger charge is 2.17. The number of rotatable bonds is 6. The quantitative estimate of drug-likeness (QED) is 0.600. The Hall–Kier alpha value is -1.17. The van der Waals surface area contributed by atoms with Gasteiger partial charge in [-0.25, -0.2) is 0 Å². The van der Waals surface area contributed by atoms with E-state index in [1.807, 2.05) is 37.3 Å². The first-order chi connectivity index (χ1) is 7.88. The summed E-state index contributed by atoms with van der Waals surface area (Å²) < 4.78 is 30.8. The molecule has 0 bridgehead atoms. The zero-order valence-electron chi connectivity index (χ0n) is 9.76. The molecule has 0 aliphatic rings. The lowest BCUT2D eigenvalue weighted by molar-refractivity contribution is 0.469. The minimum Gasteiger partial charge on any atom is -0.305 e. The molecule has 0 aliphatic carbocycles. The Labute approximate surface area is 102 Å². The summed E-state index contributed by atoms with van der Waals surface area (Å²) in [6.07, 6.45) is 0. The van der Waals surface area contributed by atoms with Crippen molar-refractivity contribution >= 4 is 10.1 Å². The van der Waals surface area contributed by atoms with Gasteiger partial charge in [-0.2, -0.15) is 8.42 Å². The predicted molar refractivity (Wildman–Crippen MR) is 68.4 cm³/mol. The first-order valence-electron chi connectivity index (χ1n) is 5.26. The molecular formula is C12H17NO3S. The van der Waals surface area contributed by atoms with Crippen molar-refractivity contribution in [3.8, 4) is 0 Å². The van der Waals surface area contributed by atoms with Gasteiger partial charge in [0.2, 0.25) is 0 Å². The molecule has 0 aliphatic heterocycles. The lowest BCUT2D eigenvalue weighted by atomic mass is 10.1. The van der Waals surface area contributed by atoms with E-state index in [1.165, 1.54) is 0 Å². The van der Waals surface area contributed by atoms with Crippen LogP contribution in [-0.4, -0.2) is 25.3 Å². The molecule has 0 amide bonds. The molecule has 0 heterocycles. The SMILES string of the molecule is C=C(C)CNC(CS(=O)(=O)O)c1ccccc1. The Balaban J connectivity index is 2.83. The maximum atomic E-state index is 11.0. The highest BCUT2D eigenvalue weighted by molar-refractivity contribution is 7.85. The molecule has 4 nitrogen and oxygen atoms in total. The highest BCUT2D eigenvalue weighted by Crippen LogP contribution is 2.14. The fraction of sp³-hybridized carbons (Fsp3) is 0.333. The van der Waals surface area contributed by atoms with Crippen molar-refractivity contribution in [2.24, 2.45) is 0 Å². The second-order valence-electron chi connectivity index (χ2n) is 4.05. The predicted octanol–water partition coefficient (Wildman–Crippen LogP) is 1.78. The fourth-order valence-electron chi connectivity index (χ4n) is 1.47. The summed E-state index contributed by atoms with van der Waals surface area (Å²) in [6, 6.07) is 8.72. The van der Waals surface area contributed by atoms with Gasteiger partial charge in [-0.1, -0.05) is 42.5 Å². The van der Waals surface area contributed by atoms with E-state index in [0.717, 1.165) is 11.1 Å². The van der Waals surface area contributed by atoms with Gasteiger partial charge in [-0.3, -0.25) is 4.55 Å². The zero-order valence-corrected chi connectivity index (χ0v) is 10.6. The van der Waals surface area contributed by atoms with Crippen molar-refractivity contribution in [2.45, 2.75) is 13.0 Å². The van der Waals surface area contributed by atoms with Crippen molar-refractivity contribution in [2.75, 3.05) is 12.3 Å². The first-order valence-corrected chi connectivity index (χ1v) is 6.87. The highest BCUT2D eigenvalue weighted by atomic mass is 32.2. The van der Waals surface area contributed by atoms with Crippen LogP contribution in [0.5, 0.6) is 0 Å². The standard InChI is InChI=1S/C12H17NO3S/c1-10(2)8-13-12(9-17(14,15)16)11-6-4-3-5-7-11/h3-7,12-13H,1,8-9H2,2H3,(H,14,15,16). The van der Waals surface area contributed by atoms with E-state index in [2.05, 4.69) is 11.9 Å². The molecule has 17 heavy (non-hydrogen) atoms. The molecule has 0 radical (unpaired) electrons. The molecule has 1 aromatic rings. The van der Waals surface area contributed by atoms with Crippen LogP contribution in [0.25, 0.3) is 0 Å². The molecule has 0 aromatic heterocycles. The second kappa shape index (κ2) is 5.95. The average Bonchev–Trinajstić information content (AvgIpc) is 2.24. The molecule has 1 atom stereocenters. The van der Waals surface area contributed by atoms with Gasteiger partial charge in [0.15, 0.2) is 0 Å². The van der Waals surface area contributed by atoms with Crippen molar-refractivity contribution in [3.05, 3.63) is 48.0 Å². The Morgan fingerprint density at radius 3 is 2.47 bits per heavy atom. The molecular weight excluding hydrogens is 238 g/mol. The van der Waals surface area contributed by atoms with Gasteiger partial charge >= 0.3 is 0 Å². The molecule has 1 unspecified atom stereocenters. The molecule has 1 rings (SSSR count). The molecule has 0 fully saturated rings. The lowest BCUT2D eigenvalue weighted by Crippen LogP contribution is -2.29. The monoisotopic (exact) mass is 255 g/mol. The Morgan fingerprint density at radius 1 is 1.41 bits per heavy atom. The van der Waals surface area contributed by atoms with Crippen LogP contribution in [0, 0.1) is 0 Å². The van der Waals surface area contributed by atoms with E-state index in [0.29, 0.717) is 6.54 Å². The molecule has 2 N–H and O–H groups in total. The summed E-state index contributed by atoms with van der Waals surface area (Å²) >= 11 is 0. The molecule has 1 aromatic carbocycles. The largest absolute Gasteiger partial charge is 0.305 e. The maximum Gasteiger partial charge on any atom is 0.266 e. The third kappa shape index (κ3) is 5.63. The van der Waals surface area contributed by atoms with Gasteiger partial charge in [-0.15, -0.1) is 0 Å². The van der Waals surface area contributed by atoms with Gasteiger partial charge in [-0.05, 0) is 12.5 Å². The second-order valence-corrected chi connectivity index (χ2v) is 5.55. The van der Waals surface area contributed by atoms with Crippen LogP contribution in [-0.2, 0) is 10.1 Å². The van der Waals surface area contributed by atoms with E-state index in [9.17, 15) is 8.42 Å². The summed E-state index contributed by atoms with van der Waals surface area (Å²) in [5.74, 6) is -0.343. The minimum absolute atomic E-state index is 0.343. The van der Waals surface area contributed by atoms with Crippen molar-refractivity contribution < 1.29 is 13.0 Å². The fourth-order valence-corrected chi connectivity index (χ4v) is 2.20. The number of hydrogen-bond donors (Lipinski definition) is 2. The molecule has 0 saturated heterocycles. The minimum atomic E-state index is -4.01. The summed E-state index contributed by atoms with van der Waals surface area (Å²) in [6.45, 7) is 6.10. The van der Waals surface area contributed by atoms with Crippen LogP contribution >= 0.6 is 0 Å². The van der Waals surface area contributed by atoms with Crippen LogP contribution in [0.4, 0.5) is 0 Å². The number of hydrogen-bond acceptors (Lipinski definition) is 3. The summed E-state index contributed by atoms with van der Waals surface area (Å²) in [5, 5.41) is 3.05. The maximum absolute atomic E-state index is 11.0. The van der Waals surface area contributed by atoms with Crippen molar-refractivity contribution in [1.82, 2.24) is 5.32 Å². The third-order valence-corrected chi connectivity index (χ3v) is 2.98. The Bertz CT molecular complexity index is 468. The number of benzene rings is 1. The smallest absolute Gasteiger partial charge is 0.266 e.